The third kappa shape index (κ3) is 5.57. The van der Waals surface area contributed by atoms with Gasteiger partial charge in [0, 0.05) is 12.1 Å². The third-order valence-electron chi connectivity index (χ3n) is 4.63. The zero-order valence-electron chi connectivity index (χ0n) is 17.2. The highest BCUT2D eigenvalue weighted by Gasteiger charge is 2.33. The van der Waals surface area contributed by atoms with Crippen LogP contribution in [0.5, 0.6) is 11.5 Å². The molecule has 1 amide bonds. The number of anilines is 1. The molecule has 0 N–H and O–H groups in total. The predicted molar refractivity (Wildman–Crippen MR) is 133 cm³/mol. The molecule has 9 heteroatoms. The van der Waals surface area contributed by atoms with Crippen molar-refractivity contribution >= 4 is 51.7 Å². The second-order valence-electron chi connectivity index (χ2n) is 6.87. The number of nitro groups is 1. The Bertz CT molecular complexity index is 1210. The van der Waals surface area contributed by atoms with Crippen LogP contribution < -0.4 is 14.4 Å². The fraction of sp³-hybridized carbons (Fsp3) is 0.0833. The number of amides is 1. The lowest BCUT2D eigenvalue weighted by atomic mass is 10.2. The number of benzene rings is 3. The molecule has 1 saturated heterocycles. The van der Waals surface area contributed by atoms with E-state index in [2.05, 4.69) is 0 Å². The molecule has 0 saturated carbocycles. The summed E-state index contributed by atoms with van der Waals surface area (Å²) in [5.74, 6) is 1.01. The van der Waals surface area contributed by atoms with E-state index in [4.69, 9.17) is 21.7 Å². The molecule has 0 radical (unpaired) electrons. The van der Waals surface area contributed by atoms with E-state index in [0.29, 0.717) is 20.7 Å². The lowest BCUT2D eigenvalue weighted by Crippen LogP contribution is -2.27. The SMILES string of the molecule is O=C1C(=Cc2cccc(OCCOc3ccc([N+](=O)[O-])cc3)c2)SC(=S)N1c1ccccc1. The number of carbonyl (C=O) groups is 1. The zero-order chi connectivity index (χ0) is 23.2. The second-order valence-corrected chi connectivity index (χ2v) is 8.55. The Balaban J connectivity index is 1.35. The molecule has 1 aliphatic rings. The van der Waals surface area contributed by atoms with E-state index in [0.717, 1.165) is 11.3 Å². The summed E-state index contributed by atoms with van der Waals surface area (Å²) in [5, 5.41) is 10.7. The Morgan fingerprint density at radius 2 is 1.64 bits per heavy atom. The minimum Gasteiger partial charge on any atom is -0.490 e. The van der Waals surface area contributed by atoms with Crippen molar-refractivity contribution in [2.45, 2.75) is 0 Å². The Morgan fingerprint density at radius 3 is 2.33 bits per heavy atom. The van der Waals surface area contributed by atoms with Crippen LogP contribution in [-0.4, -0.2) is 28.4 Å². The number of hydrogen-bond donors (Lipinski definition) is 0. The van der Waals surface area contributed by atoms with Crippen molar-refractivity contribution in [1.29, 1.82) is 0 Å². The average Bonchev–Trinajstić information content (AvgIpc) is 3.10. The molecule has 1 aliphatic heterocycles. The van der Waals surface area contributed by atoms with Gasteiger partial charge in [-0.3, -0.25) is 19.8 Å². The van der Waals surface area contributed by atoms with Crippen molar-refractivity contribution in [2.24, 2.45) is 0 Å². The van der Waals surface area contributed by atoms with Crippen LogP contribution in [0.4, 0.5) is 11.4 Å². The van der Waals surface area contributed by atoms with Gasteiger partial charge in [-0.1, -0.05) is 54.3 Å². The molecule has 1 heterocycles. The van der Waals surface area contributed by atoms with Crippen molar-refractivity contribution in [3.8, 4) is 11.5 Å². The Morgan fingerprint density at radius 1 is 0.939 bits per heavy atom. The minimum absolute atomic E-state index is 0.0103. The number of hydrogen-bond acceptors (Lipinski definition) is 7. The fourth-order valence-electron chi connectivity index (χ4n) is 3.10. The Labute approximate surface area is 199 Å². The van der Waals surface area contributed by atoms with Gasteiger partial charge in [0.1, 0.15) is 24.7 Å². The van der Waals surface area contributed by atoms with Gasteiger partial charge in [0.2, 0.25) is 0 Å². The van der Waals surface area contributed by atoms with E-state index in [1.54, 1.807) is 18.2 Å². The van der Waals surface area contributed by atoms with E-state index >= 15 is 0 Å². The standard InChI is InChI=1S/C24H18N2O5S2/c27-23-22(33-24(32)25(23)18-6-2-1-3-7-18)16-17-5-4-8-21(15-17)31-14-13-30-20-11-9-19(10-12-20)26(28)29/h1-12,15-16H,13-14H2. The first kappa shape index (κ1) is 22.5. The molecule has 7 nitrogen and oxygen atoms in total. The lowest BCUT2D eigenvalue weighted by Gasteiger charge is -2.13. The van der Waals surface area contributed by atoms with Crippen molar-refractivity contribution in [3.05, 3.63) is 99.4 Å². The van der Waals surface area contributed by atoms with Crippen LogP contribution in [0.1, 0.15) is 5.56 Å². The summed E-state index contributed by atoms with van der Waals surface area (Å²) in [7, 11) is 0. The number of carbonyl (C=O) groups excluding carboxylic acids is 1. The molecule has 33 heavy (non-hydrogen) atoms. The number of thiocarbonyl (C=S) groups is 1. The third-order valence-corrected chi connectivity index (χ3v) is 5.93. The summed E-state index contributed by atoms with van der Waals surface area (Å²) in [6, 6.07) is 22.6. The molecular formula is C24H18N2O5S2. The zero-order valence-corrected chi connectivity index (χ0v) is 18.9. The van der Waals surface area contributed by atoms with Gasteiger partial charge in [-0.05, 0) is 48.0 Å². The molecule has 166 valence electrons. The number of non-ortho nitro benzene ring substituents is 1. The first-order valence-electron chi connectivity index (χ1n) is 9.94. The highest BCUT2D eigenvalue weighted by atomic mass is 32.2. The molecule has 0 bridgehead atoms. The van der Waals surface area contributed by atoms with Crippen LogP contribution in [-0.2, 0) is 4.79 Å². The number of para-hydroxylation sites is 1. The number of ether oxygens (including phenoxy) is 2. The van der Waals surface area contributed by atoms with Crippen LogP contribution in [0, 0.1) is 10.1 Å². The van der Waals surface area contributed by atoms with Crippen molar-refractivity contribution < 1.29 is 19.2 Å². The van der Waals surface area contributed by atoms with Crippen molar-refractivity contribution in [1.82, 2.24) is 0 Å². The highest BCUT2D eigenvalue weighted by molar-refractivity contribution is 8.27. The van der Waals surface area contributed by atoms with E-state index < -0.39 is 4.92 Å². The largest absolute Gasteiger partial charge is 0.490 e. The van der Waals surface area contributed by atoms with E-state index in [-0.39, 0.29) is 24.8 Å². The molecule has 0 spiro atoms. The number of nitrogens with zero attached hydrogens (tertiary/aromatic N) is 2. The molecular weight excluding hydrogens is 460 g/mol. The van der Waals surface area contributed by atoms with Gasteiger partial charge in [0.25, 0.3) is 11.6 Å². The molecule has 3 aromatic carbocycles. The average molecular weight is 479 g/mol. The summed E-state index contributed by atoms with van der Waals surface area (Å²) < 4.78 is 11.8. The van der Waals surface area contributed by atoms with Crippen LogP contribution in [0.15, 0.2) is 83.8 Å². The fourth-order valence-corrected chi connectivity index (χ4v) is 4.39. The monoisotopic (exact) mass is 478 g/mol. The first-order chi connectivity index (χ1) is 16.0. The smallest absolute Gasteiger partial charge is 0.270 e. The maximum atomic E-state index is 12.9. The summed E-state index contributed by atoms with van der Waals surface area (Å²) in [6.45, 7) is 0.564. The van der Waals surface area contributed by atoms with Crippen LogP contribution >= 0.6 is 24.0 Å². The van der Waals surface area contributed by atoms with Crippen molar-refractivity contribution in [3.63, 3.8) is 0 Å². The normalized spacial score (nSPS) is 14.5. The predicted octanol–water partition coefficient (Wildman–Crippen LogP) is 5.46. The summed E-state index contributed by atoms with van der Waals surface area (Å²) in [6.07, 6.45) is 1.79. The van der Waals surface area contributed by atoms with Gasteiger partial charge in [-0.15, -0.1) is 0 Å². The maximum absolute atomic E-state index is 12.9. The van der Waals surface area contributed by atoms with Gasteiger partial charge in [0.15, 0.2) is 4.32 Å². The van der Waals surface area contributed by atoms with Gasteiger partial charge < -0.3 is 9.47 Å². The molecule has 4 rings (SSSR count). The van der Waals surface area contributed by atoms with E-state index in [1.807, 2.05) is 54.6 Å². The quantitative estimate of drug-likeness (QED) is 0.140. The van der Waals surface area contributed by atoms with E-state index in [1.165, 1.54) is 28.8 Å². The highest BCUT2D eigenvalue weighted by Crippen LogP contribution is 2.36. The van der Waals surface area contributed by atoms with Gasteiger partial charge in [-0.25, -0.2) is 0 Å². The molecule has 0 atom stereocenters. The molecule has 1 fully saturated rings. The first-order valence-corrected chi connectivity index (χ1v) is 11.2. The Hall–Kier alpha value is -3.69. The van der Waals surface area contributed by atoms with E-state index in [9.17, 15) is 14.9 Å². The number of rotatable bonds is 8. The van der Waals surface area contributed by atoms with Crippen LogP contribution in [0.25, 0.3) is 6.08 Å². The molecule has 3 aromatic rings. The van der Waals surface area contributed by atoms with Gasteiger partial charge in [0.05, 0.1) is 15.5 Å². The van der Waals surface area contributed by atoms with Crippen LogP contribution in [0.2, 0.25) is 0 Å². The molecule has 0 aromatic heterocycles. The molecule has 0 aliphatic carbocycles. The van der Waals surface area contributed by atoms with Crippen molar-refractivity contribution in [2.75, 3.05) is 18.1 Å². The summed E-state index contributed by atoms with van der Waals surface area (Å²) in [5.41, 5.74) is 1.57. The number of thioether (sulfide) groups is 1. The maximum Gasteiger partial charge on any atom is 0.270 e. The lowest BCUT2D eigenvalue weighted by molar-refractivity contribution is -0.384. The van der Waals surface area contributed by atoms with Crippen LogP contribution in [0.3, 0.4) is 0 Å². The topological polar surface area (TPSA) is 81.9 Å². The molecule has 0 unspecified atom stereocenters. The summed E-state index contributed by atoms with van der Waals surface area (Å²) in [4.78, 5) is 25.2. The van der Waals surface area contributed by atoms with Gasteiger partial charge >= 0.3 is 0 Å². The number of nitro benzene ring substituents is 1. The van der Waals surface area contributed by atoms with Gasteiger partial charge in [-0.2, -0.15) is 0 Å². The second kappa shape index (κ2) is 10.3. The minimum atomic E-state index is -0.459. The Kier molecular flexibility index (Phi) is 7.01. The summed E-state index contributed by atoms with van der Waals surface area (Å²) >= 11 is 6.67.